The molecule has 0 fully saturated rings. The van der Waals surface area contributed by atoms with E-state index in [4.69, 9.17) is 9.84 Å². The fraction of sp³-hybridized carbons (Fsp3) is 0.500. The number of halogens is 1. The number of anilines is 1. The van der Waals surface area contributed by atoms with Gasteiger partial charge in [-0.25, -0.2) is 9.18 Å². The minimum atomic E-state index is -1.15. The smallest absolute Gasteiger partial charge is 0.337 e. The van der Waals surface area contributed by atoms with Gasteiger partial charge in [-0.15, -0.1) is 0 Å². The number of carboxylic acids is 1. The number of carbonyl (C=O) groups is 1. The van der Waals surface area contributed by atoms with Crippen LogP contribution in [0.15, 0.2) is 18.2 Å². The van der Waals surface area contributed by atoms with E-state index in [-0.39, 0.29) is 23.2 Å². The van der Waals surface area contributed by atoms with E-state index < -0.39 is 11.8 Å². The normalized spacial score (nSPS) is 12.5. The van der Waals surface area contributed by atoms with Gasteiger partial charge < -0.3 is 15.2 Å². The monoisotopic (exact) mass is 269 g/mol. The number of para-hydroxylation sites is 1. The molecular formula is C14H20FNO3. The summed E-state index contributed by atoms with van der Waals surface area (Å²) in [6.45, 7) is 6.79. The Kier molecular flexibility index (Phi) is 5.76. The zero-order valence-corrected chi connectivity index (χ0v) is 11.4. The lowest BCUT2D eigenvalue weighted by atomic mass is 10.0. The SMILES string of the molecule is CCOCC(Nc1c(F)cccc1C(=O)O)C(C)C. The van der Waals surface area contributed by atoms with E-state index in [1.54, 1.807) is 0 Å². The van der Waals surface area contributed by atoms with Gasteiger partial charge in [-0.3, -0.25) is 0 Å². The van der Waals surface area contributed by atoms with Crippen LogP contribution in [0, 0.1) is 11.7 Å². The first-order chi connectivity index (χ1) is 8.97. The molecule has 1 aromatic rings. The van der Waals surface area contributed by atoms with Crippen molar-refractivity contribution in [1.82, 2.24) is 0 Å². The summed E-state index contributed by atoms with van der Waals surface area (Å²) >= 11 is 0. The fourth-order valence-corrected chi connectivity index (χ4v) is 1.68. The summed E-state index contributed by atoms with van der Waals surface area (Å²) in [6, 6.07) is 3.87. The maximum atomic E-state index is 13.8. The van der Waals surface area contributed by atoms with Crippen molar-refractivity contribution < 1.29 is 19.0 Å². The summed E-state index contributed by atoms with van der Waals surface area (Å²) in [6.07, 6.45) is 0. The van der Waals surface area contributed by atoms with Gasteiger partial charge in [-0.1, -0.05) is 19.9 Å². The summed E-state index contributed by atoms with van der Waals surface area (Å²) in [5.74, 6) is -1.53. The second kappa shape index (κ2) is 7.09. The number of hydrogen-bond acceptors (Lipinski definition) is 3. The Morgan fingerprint density at radius 2 is 2.16 bits per heavy atom. The fourth-order valence-electron chi connectivity index (χ4n) is 1.68. The Balaban J connectivity index is 2.98. The molecule has 1 aromatic carbocycles. The number of carboxylic acid groups (broad SMARTS) is 1. The molecule has 1 rings (SSSR count). The van der Waals surface area contributed by atoms with E-state index in [0.717, 1.165) is 0 Å². The Labute approximate surface area is 112 Å². The van der Waals surface area contributed by atoms with Gasteiger partial charge in [0.2, 0.25) is 0 Å². The van der Waals surface area contributed by atoms with Crippen LogP contribution in [0.3, 0.4) is 0 Å². The maximum Gasteiger partial charge on any atom is 0.337 e. The number of hydrogen-bond donors (Lipinski definition) is 2. The lowest BCUT2D eigenvalue weighted by Crippen LogP contribution is -2.32. The zero-order valence-electron chi connectivity index (χ0n) is 11.4. The molecule has 0 aromatic heterocycles. The van der Waals surface area contributed by atoms with E-state index in [2.05, 4.69) is 5.32 Å². The third-order valence-corrected chi connectivity index (χ3v) is 2.88. The summed E-state index contributed by atoms with van der Waals surface area (Å²) in [5, 5.41) is 12.0. The second-order valence-electron chi connectivity index (χ2n) is 4.62. The van der Waals surface area contributed by atoms with Crippen LogP contribution in [-0.2, 0) is 4.74 Å². The van der Waals surface area contributed by atoms with Gasteiger partial charge in [0.25, 0.3) is 0 Å². The van der Waals surface area contributed by atoms with Gasteiger partial charge in [0.05, 0.1) is 23.9 Å². The van der Waals surface area contributed by atoms with Crippen LogP contribution in [0.5, 0.6) is 0 Å². The highest BCUT2D eigenvalue weighted by Crippen LogP contribution is 2.22. The molecule has 0 spiro atoms. The van der Waals surface area contributed by atoms with Crippen LogP contribution >= 0.6 is 0 Å². The topological polar surface area (TPSA) is 58.6 Å². The van der Waals surface area contributed by atoms with Crippen LogP contribution in [0.25, 0.3) is 0 Å². The molecular weight excluding hydrogens is 249 g/mol. The Morgan fingerprint density at radius 3 is 2.68 bits per heavy atom. The van der Waals surface area contributed by atoms with Crippen molar-refractivity contribution in [2.75, 3.05) is 18.5 Å². The molecule has 0 saturated heterocycles. The molecule has 19 heavy (non-hydrogen) atoms. The zero-order chi connectivity index (χ0) is 14.4. The molecule has 0 bridgehead atoms. The third-order valence-electron chi connectivity index (χ3n) is 2.88. The molecule has 0 aliphatic heterocycles. The number of rotatable bonds is 7. The van der Waals surface area contributed by atoms with Gasteiger partial charge in [-0.2, -0.15) is 0 Å². The van der Waals surface area contributed by atoms with Crippen LogP contribution in [-0.4, -0.2) is 30.3 Å². The van der Waals surface area contributed by atoms with Gasteiger partial charge in [-0.05, 0) is 25.0 Å². The molecule has 0 radical (unpaired) electrons. The predicted octanol–water partition coefficient (Wildman–Crippen LogP) is 3.00. The summed E-state index contributed by atoms with van der Waals surface area (Å²) < 4.78 is 19.1. The molecule has 4 nitrogen and oxygen atoms in total. The van der Waals surface area contributed by atoms with Crippen LogP contribution < -0.4 is 5.32 Å². The molecule has 1 atom stereocenters. The van der Waals surface area contributed by atoms with Crippen molar-refractivity contribution in [3.8, 4) is 0 Å². The van der Waals surface area contributed by atoms with Crippen LogP contribution in [0.4, 0.5) is 10.1 Å². The molecule has 0 heterocycles. The van der Waals surface area contributed by atoms with E-state index in [9.17, 15) is 9.18 Å². The van der Waals surface area contributed by atoms with E-state index >= 15 is 0 Å². The van der Waals surface area contributed by atoms with Crippen LogP contribution in [0.2, 0.25) is 0 Å². The molecule has 0 saturated carbocycles. The molecule has 5 heteroatoms. The highest BCUT2D eigenvalue weighted by atomic mass is 19.1. The van der Waals surface area contributed by atoms with Crippen molar-refractivity contribution in [1.29, 1.82) is 0 Å². The summed E-state index contributed by atoms with van der Waals surface area (Å²) in [7, 11) is 0. The molecule has 0 amide bonds. The first-order valence-corrected chi connectivity index (χ1v) is 6.33. The van der Waals surface area contributed by atoms with Crippen LogP contribution in [0.1, 0.15) is 31.1 Å². The standard InChI is InChI=1S/C14H20FNO3/c1-4-19-8-12(9(2)3)16-13-10(14(17)18)6-5-7-11(13)15/h5-7,9,12,16H,4,8H2,1-3H3,(H,17,18). The van der Waals surface area contributed by atoms with Gasteiger partial charge in [0, 0.05) is 6.61 Å². The van der Waals surface area contributed by atoms with Crippen molar-refractivity contribution in [2.45, 2.75) is 26.8 Å². The highest BCUT2D eigenvalue weighted by Gasteiger charge is 2.20. The Bertz CT molecular complexity index is 435. The second-order valence-corrected chi connectivity index (χ2v) is 4.62. The van der Waals surface area contributed by atoms with E-state index in [0.29, 0.717) is 13.2 Å². The van der Waals surface area contributed by atoms with Crippen molar-refractivity contribution in [3.63, 3.8) is 0 Å². The van der Waals surface area contributed by atoms with Gasteiger partial charge in [0.1, 0.15) is 5.82 Å². The Hall–Kier alpha value is -1.62. The molecule has 2 N–H and O–H groups in total. The van der Waals surface area contributed by atoms with E-state index in [1.165, 1.54) is 18.2 Å². The summed E-state index contributed by atoms with van der Waals surface area (Å²) in [4.78, 5) is 11.1. The lowest BCUT2D eigenvalue weighted by Gasteiger charge is -2.24. The third kappa shape index (κ3) is 4.21. The highest BCUT2D eigenvalue weighted by molar-refractivity contribution is 5.94. The van der Waals surface area contributed by atoms with Crippen molar-refractivity contribution in [3.05, 3.63) is 29.6 Å². The maximum absolute atomic E-state index is 13.8. The average Bonchev–Trinajstić information content (AvgIpc) is 2.35. The van der Waals surface area contributed by atoms with Crippen molar-refractivity contribution in [2.24, 2.45) is 5.92 Å². The first kappa shape index (κ1) is 15.4. The molecule has 1 unspecified atom stereocenters. The molecule has 0 aliphatic rings. The molecule has 106 valence electrons. The van der Waals surface area contributed by atoms with Gasteiger partial charge >= 0.3 is 5.97 Å². The molecule has 0 aliphatic carbocycles. The number of benzene rings is 1. The lowest BCUT2D eigenvalue weighted by molar-refractivity contribution is 0.0697. The quantitative estimate of drug-likeness (QED) is 0.799. The largest absolute Gasteiger partial charge is 0.478 e. The average molecular weight is 269 g/mol. The number of aromatic carboxylic acids is 1. The number of nitrogens with one attached hydrogen (secondary N) is 1. The minimum Gasteiger partial charge on any atom is -0.478 e. The minimum absolute atomic E-state index is 0.0217. The van der Waals surface area contributed by atoms with Gasteiger partial charge in [0.15, 0.2) is 0 Å². The van der Waals surface area contributed by atoms with E-state index in [1.807, 2.05) is 20.8 Å². The number of ether oxygens (including phenoxy) is 1. The Morgan fingerprint density at radius 1 is 1.47 bits per heavy atom. The summed E-state index contributed by atoms with van der Waals surface area (Å²) in [5.41, 5.74) is -0.0458. The first-order valence-electron chi connectivity index (χ1n) is 6.33. The van der Waals surface area contributed by atoms with Crippen molar-refractivity contribution >= 4 is 11.7 Å². The predicted molar refractivity (Wildman–Crippen MR) is 72.1 cm³/mol.